The highest BCUT2D eigenvalue weighted by atomic mass is 79.9. The molecule has 1 heterocycles. The maximum Gasteiger partial charge on any atom is 0.139 e. The zero-order chi connectivity index (χ0) is 12.0. The Labute approximate surface area is 107 Å². The lowest BCUT2D eigenvalue weighted by atomic mass is 9.68. The molecule has 3 N–H and O–H groups in total. The summed E-state index contributed by atoms with van der Waals surface area (Å²) in [6.07, 6.45) is 3.31. The van der Waals surface area contributed by atoms with Crippen LogP contribution in [0.3, 0.4) is 0 Å². The van der Waals surface area contributed by atoms with E-state index in [0.717, 1.165) is 29.7 Å². The summed E-state index contributed by atoms with van der Waals surface area (Å²) in [4.78, 5) is 7.75. The van der Waals surface area contributed by atoms with Crippen LogP contribution in [-0.4, -0.2) is 16.5 Å². The first-order chi connectivity index (χ1) is 8.14. The van der Waals surface area contributed by atoms with Crippen LogP contribution in [0, 0.1) is 5.82 Å². The summed E-state index contributed by atoms with van der Waals surface area (Å²) in [6, 6.07) is 3.17. The fraction of sp³-hybridized carbons (Fsp3) is 0.417. The Morgan fingerprint density at radius 1 is 1.47 bits per heavy atom. The van der Waals surface area contributed by atoms with Crippen LogP contribution >= 0.6 is 15.9 Å². The maximum absolute atomic E-state index is 13.4. The first kappa shape index (κ1) is 11.2. The van der Waals surface area contributed by atoms with Crippen molar-refractivity contribution in [2.24, 2.45) is 5.73 Å². The number of imidazole rings is 1. The molecule has 2 aromatic rings. The molecule has 0 aliphatic heterocycles. The van der Waals surface area contributed by atoms with Crippen molar-refractivity contribution in [3.63, 3.8) is 0 Å². The van der Waals surface area contributed by atoms with Gasteiger partial charge in [-0.2, -0.15) is 0 Å². The van der Waals surface area contributed by atoms with Crippen molar-refractivity contribution in [2.45, 2.75) is 24.7 Å². The Kier molecular flexibility index (Phi) is 2.48. The molecular formula is C12H13BrFN3. The van der Waals surface area contributed by atoms with E-state index < -0.39 is 0 Å². The number of hydrogen-bond donors (Lipinski definition) is 2. The summed E-state index contributed by atoms with van der Waals surface area (Å²) in [5.74, 6) is 0.627. The molecule has 0 atom stereocenters. The lowest BCUT2D eigenvalue weighted by molar-refractivity contribution is 0.240. The molecule has 0 saturated heterocycles. The second-order valence-electron chi connectivity index (χ2n) is 4.71. The van der Waals surface area contributed by atoms with E-state index in [9.17, 15) is 4.39 Å². The number of H-pyrrole nitrogens is 1. The van der Waals surface area contributed by atoms with Crippen LogP contribution in [-0.2, 0) is 5.41 Å². The van der Waals surface area contributed by atoms with Gasteiger partial charge in [0, 0.05) is 18.0 Å². The summed E-state index contributed by atoms with van der Waals surface area (Å²) in [6.45, 7) is 0.594. The Morgan fingerprint density at radius 2 is 2.24 bits per heavy atom. The zero-order valence-corrected chi connectivity index (χ0v) is 10.8. The SMILES string of the molecule is NCC1(c2nc3cc(Br)c(F)cc3[nH]2)CCC1. The van der Waals surface area contributed by atoms with Crippen LogP contribution < -0.4 is 5.73 Å². The van der Waals surface area contributed by atoms with Crippen LogP contribution in [0.1, 0.15) is 25.1 Å². The van der Waals surface area contributed by atoms with E-state index in [1.165, 1.54) is 12.5 Å². The van der Waals surface area contributed by atoms with Gasteiger partial charge in [-0.15, -0.1) is 0 Å². The highest BCUT2D eigenvalue weighted by Gasteiger charge is 2.40. The Bertz CT molecular complexity index is 530. The van der Waals surface area contributed by atoms with Crippen molar-refractivity contribution in [1.29, 1.82) is 0 Å². The average molecular weight is 298 g/mol. The van der Waals surface area contributed by atoms with Gasteiger partial charge in [-0.1, -0.05) is 6.42 Å². The van der Waals surface area contributed by atoms with E-state index in [4.69, 9.17) is 5.73 Å². The number of aromatic amines is 1. The van der Waals surface area contributed by atoms with Crippen LogP contribution in [0.5, 0.6) is 0 Å². The molecule has 17 heavy (non-hydrogen) atoms. The molecule has 0 amide bonds. The van der Waals surface area contributed by atoms with Crippen molar-refractivity contribution in [3.8, 4) is 0 Å². The number of fused-ring (bicyclic) bond motifs is 1. The van der Waals surface area contributed by atoms with Gasteiger partial charge >= 0.3 is 0 Å². The van der Waals surface area contributed by atoms with Gasteiger partial charge in [0.05, 0.1) is 15.5 Å². The van der Waals surface area contributed by atoms with Crippen LogP contribution in [0.25, 0.3) is 11.0 Å². The summed E-state index contributed by atoms with van der Waals surface area (Å²) >= 11 is 3.17. The van der Waals surface area contributed by atoms with Crippen LogP contribution in [0.15, 0.2) is 16.6 Å². The van der Waals surface area contributed by atoms with E-state index in [1.54, 1.807) is 6.07 Å². The molecular weight excluding hydrogens is 285 g/mol. The van der Waals surface area contributed by atoms with Crippen molar-refractivity contribution < 1.29 is 4.39 Å². The lowest BCUT2D eigenvalue weighted by Crippen LogP contribution is -2.42. The predicted molar refractivity (Wildman–Crippen MR) is 68.3 cm³/mol. The van der Waals surface area contributed by atoms with Crippen molar-refractivity contribution in [1.82, 2.24) is 9.97 Å². The van der Waals surface area contributed by atoms with Gasteiger partial charge in [-0.25, -0.2) is 9.37 Å². The van der Waals surface area contributed by atoms with E-state index >= 15 is 0 Å². The Hall–Kier alpha value is -0.940. The standard InChI is InChI=1S/C12H13BrFN3/c13-7-4-9-10(5-8(7)14)17-11(16-9)12(6-15)2-1-3-12/h4-5H,1-3,6,15H2,(H,16,17). The van der Waals surface area contributed by atoms with Gasteiger partial charge in [0.1, 0.15) is 11.6 Å². The van der Waals surface area contributed by atoms with Gasteiger partial charge in [-0.3, -0.25) is 0 Å². The van der Waals surface area contributed by atoms with Gasteiger partial charge in [0.25, 0.3) is 0 Å². The molecule has 1 saturated carbocycles. The minimum atomic E-state index is -0.275. The third-order valence-corrected chi connectivity index (χ3v) is 4.34. The largest absolute Gasteiger partial charge is 0.341 e. The summed E-state index contributed by atoms with van der Waals surface area (Å²) < 4.78 is 13.9. The fourth-order valence-electron chi connectivity index (χ4n) is 2.40. The first-order valence-corrected chi connectivity index (χ1v) is 6.49. The monoisotopic (exact) mass is 297 g/mol. The molecule has 0 spiro atoms. The highest BCUT2D eigenvalue weighted by Crippen LogP contribution is 2.42. The quantitative estimate of drug-likeness (QED) is 0.895. The van der Waals surface area contributed by atoms with E-state index in [1.807, 2.05) is 0 Å². The second kappa shape index (κ2) is 3.78. The Balaban J connectivity index is 2.13. The van der Waals surface area contributed by atoms with Gasteiger partial charge in [0.2, 0.25) is 0 Å². The molecule has 0 radical (unpaired) electrons. The molecule has 0 bridgehead atoms. The molecule has 3 nitrogen and oxygen atoms in total. The molecule has 1 aliphatic carbocycles. The average Bonchev–Trinajstić information content (AvgIpc) is 2.61. The highest BCUT2D eigenvalue weighted by molar-refractivity contribution is 9.10. The number of benzene rings is 1. The number of rotatable bonds is 2. The third kappa shape index (κ3) is 1.60. The number of nitrogens with one attached hydrogen (secondary N) is 1. The fourth-order valence-corrected chi connectivity index (χ4v) is 2.73. The molecule has 5 heteroatoms. The number of hydrogen-bond acceptors (Lipinski definition) is 2. The third-order valence-electron chi connectivity index (χ3n) is 3.73. The molecule has 1 aliphatic rings. The summed E-state index contributed by atoms with van der Waals surface area (Å²) in [5.41, 5.74) is 7.35. The van der Waals surface area contributed by atoms with Gasteiger partial charge in [0.15, 0.2) is 0 Å². The molecule has 0 unspecified atom stereocenters. The van der Waals surface area contributed by atoms with E-state index in [2.05, 4.69) is 25.9 Å². The topological polar surface area (TPSA) is 54.7 Å². The Morgan fingerprint density at radius 3 is 2.82 bits per heavy atom. The van der Waals surface area contributed by atoms with Crippen molar-refractivity contribution in [3.05, 3.63) is 28.2 Å². The molecule has 1 fully saturated rings. The number of aromatic nitrogens is 2. The van der Waals surface area contributed by atoms with Crippen LogP contribution in [0.2, 0.25) is 0 Å². The number of halogens is 2. The predicted octanol–water partition coefficient (Wildman–Crippen LogP) is 2.84. The van der Waals surface area contributed by atoms with E-state index in [-0.39, 0.29) is 11.2 Å². The van der Waals surface area contributed by atoms with Gasteiger partial charge in [-0.05, 0) is 34.8 Å². The minimum Gasteiger partial charge on any atom is -0.341 e. The summed E-state index contributed by atoms with van der Waals surface area (Å²) in [7, 11) is 0. The first-order valence-electron chi connectivity index (χ1n) is 5.70. The molecule has 1 aromatic heterocycles. The van der Waals surface area contributed by atoms with Crippen molar-refractivity contribution in [2.75, 3.05) is 6.54 Å². The second-order valence-corrected chi connectivity index (χ2v) is 5.56. The normalized spacial score (nSPS) is 18.3. The van der Waals surface area contributed by atoms with Crippen molar-refractivity contribution >= 4 is 27.0 Å². The molecule has 3 rings (SSSR count). The minimum absolute atomic E-state index is 0.0119. The lowest BCUT2D eigenvalue weighted by Gasteiger charge is -2.38. The number of nitrogens with zero attached hydrogens (tertiary/aromatic N) is 1. The number of nitrogens with two attached hydrogens (primary N) is 1. The van der Waals surface area contributed by atoms with Gasteiger partial charge < -0.3 is 10.7 Å². The van der Waals surface area contributed by atoms with Crippen LogP contribution in [0.4, 0.5) is 4.39 Å². The molecule has 90 valence electrons. The maximum atomic E-state index is 13.4. The zero-order valence-electron chi connectivity index (χ0n) is 9.26. The summed E-state index contributed by atoms with van der Waals surface area (Å²) in [5, 5.41) is 0. The molecule has 1 aromatic carbocycles. The smallest absolute Gasteiger partial charge is 0.139 e. The van der Waals surface area contributed by atoms with E-state index in [0.29, 0.717) is 11.0 Å².